The molecule has 0 radical (unpaired) electrons. The van der Waals surface area contributed by atoms with E-state index in [1.807, 2.05) is 0 Å². The van der Waals surface area contributed by atoms with Crippen molar-refractivity contribution in [3.8, 4) is 5.75 Å². The van der Waals surface area contributed by atoms with Crippen molar-refractivity contribution in [2.24, 2.45) is 4.99 Å². The predicted octanol–water partition coefficient (Wildman–Crippen LogP) is 3.23. The molecule has 1 heterocycles. The second-order valence-electron chi connectivity index (χ2n) is 3.63. The number of ether oxygens (including phenoxy) is 1. The summed E-state index contributed by atoms with van der Waals surface area (Å²) in [5, 5.41) is 10.6. The van der Waals surface area contributed by atoms with E-state index < -0.39 is 0 Å². The van der Waals surface area contributed by atoms with Gasteiger partial charge in [-0.3, -0.25) is 4.99 Å². The number of rotatable bonds is 1. The summed E-state index contributed by atoms with van der Waals surface area (Å²) in [4.78, 5) is 4.21. The van der Waals surface area contributed by atoms with E-state index in [2.05, 4.69) is 4.99 Å². The van der Waals surface area contributed by atoms with Gasteiger partial charge in [-0.1, -0.05) is 23.2 Å². The van der Waals surface area contributed by atoms with Crippen LogP contribution in [-0.4, -0.2) is 24.7 Å². The zero-order chi connectivity index (χ0) is 11.7. The Kier molecular flexibility index (Phi) is 3.26. The number of benzene rings is 1. The quantitative estimate of drug-likeness (QED) is 0.842. The number of nitrogens with zero attached hydrogens (tertiary/aromatic N) is 1. The van der Waals surface area contributed by atoms with Gasteiger partial charge in [-0.2, -0.15) is 0 Å². The SMILES string of the molecule is COC1=NCC(c2c(O)ccc(Cl)c2Cl)C1. The largest absolute Gasteiger partial charge is 0.508 e. The van der Waals surface area contributed by atoms with Crippen LogP contribution in [0, 0.1) is 0 Å². The highest BCUT2D eigenvalue weighted by molar-refractivity contribution is 6.42. The average Bonchev–Trinajstić information content (AvgIpc) is 2.73. The fourth-order valence-electron chi connectivity index (χ4n) is 1.84. The normalized spacial score (nSPS) is 19.7. The standard InChI is InChI=1S/C11H11Cl2NO2/c1-16-9-4-6(5-14-9)10-8(15)3-2-7(12)11(10)13/h2-3,6,15H,4-5H2,1H3. The van der Waals surface area contributed by atoms with Crippen molar-refractivity contribution in [1.29, 1.82) is 0 Å². The molecule has 0 saturated carbocycles. The maximum Gasteiger partial charge on any atom is 0.183 e. The molecule has 16 heavy (non-hydrogen) atoms. The number of aliphatic imine (C=N–C) groups is 1. The van der Waals surface area contributed by atoms with Gasteiger partial charge in [0.15, 0.2) is 5.90 Å². The number of halogens is 2. The molecule has 1 aromatic rings. The van der Waals surface area contributed by atoms with Crippen molar-refractivity contribution >= 4 is 29.1 Å². The molecule has 1 aliphatic heterocycles. The Morgan fingerprint density at radius 1 is 1.44 bits per heavy atom. The molecule has 1 N–H and O–H groups in total. The van der Waals surface area contributed by atoms with Gasteiger partial charge >= 0.3 is 0 Å². The van der Waals surface area contributed by atoms with Crippen molar-refractivity contribution in [1.82, 2.24) is 0 Å². The zero-order valence-corrected chi connectivity index (χ0v) is 10.2. The molecule has 0 aromatic heterocycles. The van der Waals surface area contributed by atoms with Crippen molar-refractivity contribution in [3.05, 3.63) is 27.7 Å². The van der Waals surface area contributed by atoms with Crippen molar-refractivity contribution in [3.63, 3.8) is 0 Å². The lowest BCUT2D eigenvalue weighted by Gasteiger charge is -2.13. The number of hydrogen-bond acceptors (Lipinski definition) is 3. The van der Waals surface area contributed by atoms with Gasteiger partial charge in [0.2, 0.25) is 0 Å². The van der Waals surface area contributed by atoms with Crippen LogP contribution in [0.3, 0.4) is 0 Å². The van der Waals surface area contributed by atoms with Crippen LogP contribution < -0.4 is 0 Å². The Morgan fingerprint density at radius 2 is 2.19 bits per heavy atom. The number of phenols is 1. The van der Waals surface area contributed by atoms with E-state index in [4.69, 9.17) is 27.9 Å². The summed E-state index contributed by atoms with van der Waals surface area (Å²) in [5.41, 5.74) is 0.657. The molecule has 1 unspecified atom stereocenters. The van der Waals surface area contributed by atoms with Crippen molar-refractivity contribution in [2.45, 2.75) is 12.3 Å². The van der Waals surface area contributed by atoms with Gasteiger partial charge in [0.1, 0.15) is 5.75 Å². The molecule has 0 saturated heterocycles. The van der Waals surface area contributed by atoms with Crippen molar-refractivity contribution in [2.75, 3.05) is 13.7 Å². The summed E-state index contributed by atoms with van der Waals surface area (Å²) in [7, 11) is 1.58. The molecule has 0 amide bonds. The Balaban J connectivity index is 2.32. The van der Waals surface area contributed by atoms with Gasteiger partial charge in [-0.25, -0.2) is 0 Å². The van der Waals surface area contributed by atoms with E-state index in [9.17, 15) is 5.11 Å². The van der Waals surface area contributed by atoms with Crippen LogP contribution in [0.25, 0.3) is 0 Å². The average molecular weight is 260 g/mol. The molecule has 3 nitrogen and oxygen atoms in total. The van der Waals surface area contributed by atoms with Gasteiger partial charge in [0.25, 0.3) is 0 Å². The Morgan fingerprint density at radius 3 is 2.81 bits per heavy atom. The minimum Gasteiger partial charge on any atom is -0.508 e. The first-order valence-electron chi connectivity index (χ1n) is 4.87. The smallest absolute Gasteiger partial charge is 0.183 e. The maximum atomic E-state index is 9.80. The minimum atomic E-state index is 0.0427. The van der Waals surface area contributed by atoms with Crippen LogP contribution in [0.15, 0.2) is 17.1 Å². The Bertz CT molecular complexity index is 446. The summed E-state index contributed by atoms with van der Waals surface area (Å²) in [6.45, 7) is 0.566. The third kappa shape index (κ3) is 1.97. The first kappa shape index (κ1) is 11.6. The Labute approximate surface area is 104 Å². The molecule has 0 fully saturated rings. The van der Waals surface area contributed by atoms with Crippen LogP contribution in [-0.2, 0) is 4.74 Å². The van der Waals surface area contributed by atoms with Crippen molar-refractivity contribution < 1.29 is 9.84 Å². The predicted molar refractivity (Wildman–Crippen MR) is 64.8 cm³/mol. The first-order chi connectivity index (χ1) is 7.63. The van der Waals surface area contributed by atoms with E-state index in [0.717, 1.165) is 0 Å². The highest BCUT2D eigenvalue weighted by atomic mass is 35.5. The van der Waals surface area contributed by atoms with E-state index in [-0.39, 0.29) is 11.7 Å². The van der Waals surface area contributed by atoms with Crippen LogP contribution in [0.1, 0.15) is 17.9 Å². The second-order valence-corrected chi connectivity index (χ2v) is 4.42. The zero-order valence-electron chi connectivity index (χ0n) is 8.70. The summed E-state index contributed by atoms with van der Waals surface area (Å²) >= 11 is 12.0. The molecule has 86 valence electrons. The molecule has 1 aromatic carbocycles. The monoisotopic (exact) mass is 259 g/mol. The highest BCUT2D eigenvalue weighted by Crippen LogP contribution is 2.40. The van der Waals surface area contributed by atoms with Gasteiger partial charge < -0.3 is 9.84 Å². The van der Waals surface area contributed by atoms with Gasteiger partial charge in [-0.15, -0.1) is 0 Å². The van der Waals surface area contributed by atoms with Gasteiger partial charge in [-0.05, 0) is 12.1 Å². The third-order valence-electron chi connectivity index (χ3n) is 2.66. The molecule has 0 bridgehead atoms. The molecule has 1 aliphatic rings. The van der Waals surface area contributed by atoms with Gasteiger partial charge in [0.05, 0.1) is 23.7 Å². The Hall–Kier alpha value is -0.930. The fraction of sp³-hybridized carbons (Fsp3) is 0.364. The lowest BCUT2D eigenvalue weighted by molar-refractivity contribution is 0.393. The van der Waals surface area contributed by atoms with Crippen LogP contribution >= 0.6 is 23.2 Å². The maximum absolute atomic E-state index is 9.80. The van der Waals surface area contributed by atoms with Crippen LogP contribution in [0.2, 0.25) is 10.0 Å². The summed E-state index contributed by atoms with van der Waals surface area (Å²) in [6, 6.07) is 3.13. The first-order valence-corrected chi connectivity index (χ1v) is 5.63. The molecule has 2 rings (SSSR count). The lowest BCUT2D eigenvalue weighted by Crippen LogP contribution is -2.03. The lowest BCUT2D eigenvalue weighted by atomic mass is 9.96. The number of aromatic hydroxyl groups is 1. The van der Waals surface area contributed by atoms with Gasteiger partial charge in [0, 0.05) is 17.9 Å². The molecule has 1 atom stereocenters. The summed E-state index contributed by atoms with van der Waals surface area (Å²) in [6.07, 6.45) is 0.643. The third-order valence-corrected chi connectivity index (χ3v) is 3.48. The summed E-state index contributed by atoms with van der Waals surface area (Å²) in [5.74, 6) is 0.883. The fourth-order valence-corrected chi connectivity index (χ4v) is 2.32. The van der Waals surface area contributed by atoms with Crippen LogP contribution in [0.4, 0.5) is 0 Å². The second kappa shape index (κ2) is 4.52. The molecule has 0 aliphatic carbocycles. The molecule has 0 spiro atoms. The molecule has 5 heteroatoms. The van der Waals surface area contributed by atoms with E-state index in [1.54, 1.807) is 19.2 Å². The number of methoxy groups -OCH3 is 1. The molecular formula is C11H11Cl2NO2. The van der Waals surface area contributed by atoms with E-state index >= 15 is 0 Å². The number of hydrogen-bond donors (Lipinski definition) is 1. The topological polar surface area (TPSA) is 41.8 Å². The highest BCUT2D eigenvalue weighted by Gasteiger charge is 2.26. The van der Waals surface area contributed by atoms with E-state index in [0.29, 0.717) is 34.5 Å². The minimum absolute atomic E-state index is 0.0427. The van der Waals surface area contributed by atoms with Crippen LogP contribution in [0.5, 0.6) is 5.75 Å². The summed E-state index contributed by atoms with van der Waals surface area (Å²) < 4.78 is 5.07. The van der Waals surface area contributed by atoms with E-state index in [1.165, 1.54) is 0 Å². The molecular weight excluding hydrogens is 249 g/mol. The number of phenolic OH excluding ortho intramolecular Hbond substituents is 1.